The van der Waals surface area contributed by atoms with Crippen LogP contribution in [0.3, 0.4) is 0 Å². The number of fused-ring (bicyclic) bond motifs is 1. The number of hydrogen-bond acceptors (Lipinski definition) is 5. The molecule has 1 amide bonds. The number of nitrogens with one attached hydrogen (secondary N) is 1. The summed E-state index contributed by atoms with van der Waals surface area (Å²) in [6.45, 7) is 8.55. The number of carbonyl (C=O) groups excluding carboxylic acids is 1. The first kappa shape index (κ1) is 22.9. The summed E-state index contributed by atoms with van der Waals surface area (Å²) >= 11 is 1.31. The van der Waals surface area contributed by atoms with E-state index in [4.69, 9.17) is 10.1 Å². The Balaban J connectivity index is 1.52. The lowest BCUT2D eigenvalue weighted by Gasteiger charge is -2.20. The summed E-state index contributed by atoms with van der Waals surface area (Å²) in [6, 6.07) is 17.8. The lowest BCUT2D eigenvalue weighted by atomic mass is 10.1. The molecule has 0 saturated carbocycles. The predicted molar refractivity (Wildman–Crippen MR) is 142 cm³/mol. The summed E-state index contributed by atoms with van der Waals surface area (Å²) in [4.78, 5) is 17.2. The number of amidine groups is 2. The summed E-state index contributed by atoms with van der Waals surface area (Å²) in [6.07, 6.45) is 1.74. The maximum atomic E-state index is 13.0. The third-order valence-electron chi connectivity index (χ3n) is 6.01. The quantitative estimate of drug-likeness (QED) is 0.488. The molecular formula is C27H25N5O2S. The second kappa shape index (κ2) is 9.03. The van der Waals surface area contributed by atoms with Crippen molar-refractivity contribution in [2.45, 2.75) is 27.7 Å². The first-order valence-electron chi connectivity index (χ1n) is 11.4. The molecule has 1 N–H and O–H groups in total. The Kier molecular flexibility index (Phi) is 5.90. The van der Waals surface area contributed by atoms with Crippen LogP contribution in [0, 0.1) is 26.2 Å². The highest BCUT2D eigenvalue weighted by Gasteiger charge is 2.36. The Hall–Kier alpha value is -3.91. The number of ether oxygens (including phenoxy) is 1. The van der Waals surface area contributed by atoms with Gasteiger partial charge in [-0.3, -0.25) is 10.2 Å². The lowest BCUT2D eigenvalue weighted by Crippen LogP contribution is -2.35. The molecule has 0 aliphatic carbocycles. The van der Waals surface area contributed by atoms with E-state index in [1.54, 1.807) is 6.08 Å². The number of carbonyl (C=O) groups is 1. The molecule has 0 fully saturated rings. The van der Waals surface area contributed by atoms with Crippen molar-refractivity contribution in [3.63, 3.8) is 0 Å². The van der Waals surface area contributed by atoms with Crippen molar-refractivity contribution in [1.82, 2.24) is 9.58 Å². The zero-order valence-corrected chi connectivity index (χ0v) is 20.8. The summed E-state index contributed by atoms with van der Waals surface area (Å²) < 4.78 is 7.93. The van der Waals surface area contributed by atoms with Gasteiger partial charge in [-0.2, -0.15) is 15.1 Å². The van der Waals surface area contributed by atoms with Crippen LogP contribution in [0.4, 0.5) is 0 Å². The molecule has 2 aliphatic rings. The minimum Gasteiger partial charge on any atom is -0.492 e. The average molecular weight is 484 g/mol. The van der Waals surface area contributed by atoms with Gasteiger partial charge in [0.1, 0.15) is 10.8 Å². The highest BCUT2D eigenvalue weighted by molar-refractivity contribution is 8.27. The first-order valence-corrected chi connectivity index (χ1v) is 12.2. The van der Waals surface area contributed by atoms with E-state index < -0.39 is 5.91 Å². The van der Waals surface area contributed by atoms with Crippen molar-refractivity contribution in [2.24, 2.45) is 10.1 Å². The normalized spacial score (nSPS) is 16.5. The number of para-hydroxylation sites is 2. The fourth-order valence-electron chi connectivity index (χ4n) is 4.29. The molecule has 3 aromatic rings. The highest BCUT2D eigenvalue weighted by atomic mass is 32.2. The average Bonchev–Trinajstić information content (AvgIpc) is 3.38. The van der Waals surface area contributed by atoms with Crippen LogP contribution >= 0.6 is 11.8 Å². The minimum atomic E-state index is -0.436. The molecular weight excluding hydrogens is 458 g/mol. The number of benzene rings is 2. The lowest BCUT2D eigenvalue weighted by molar-refractivity contribution is -0.114. The number of nitrogens with zero attached hydrogens (tertiary/aromatic N) is 4. The van der Waals surface area contributed by atoms with Gasteiger partial charge in [0.05, 0.1) is 17.9 Å². The summed E-state index contributed by atoms with van der Waals surface area (Å²) in [5, 5.41) is 16.0. The molecule has 0 atom stereocenters. The van der Waals surface area contributed by atoms with Gasteiger partial charge in [-0.05, 0) is 74.9 Å². The fourth-order valence-corrected chi connectivity index (χ4v) is 5.27. The number of rotatable bonds is 5. The van der Waals surface area contributed by atoms with Gasteiger partial charge in [0, 0.05) is 17.0 Å². The Morgan fingerprint density at radius 2 is 1.83 bits per heavy atom. The van der Waals surface area contributed by atoms with E-state index in [0.29, 0.717) is 11.8 Å². The summed E-state index contributed by atoms with van der Waals surface area (Å²) in [5.41, 5.74) is 5.97. The molecule has 1 aromatic heterocycles. The summed E-state index contributed by atoms with van der Waals surface area (Å²) in [7, 11) is 0. The molecule has 35 heavy (non-hydrogen) atoms. The minimum absolute atomic E-state index is 0.0237. The summed E-state index contributed by atoms with van der Waals surface area (Å²) in [5.74, 6) is 0.379. The predicted octanol–water partition coefficient (Wildman–Crippen LogP) is 5.47. The largest absolute Gasteiger partial charge is 0.492 e. The molecule has 0 spiro atoms. The SMILES string of the molecule is CCOc1ccccc1-n1c(C)cc(C=C2C(=N)N3N=C(c4ccccc4C)SC3=NC2=O)c1C. The molecule has 0 bridgehead atoms. The Bertz CT molecular complexity index is 1460. The van der Waals surface area contributed by atoms with Gasteiger partial charge in [0.2, 0.25) is 5.17 Å². The smallest absolute Gasteiger partial charge is 0.283 e. The first-order chi connectivity index (χ1) is 16.9. The van der Waals surface area contributed by atoms with Crippen LogP contribution in [0.5, 0.6) is 5.75 Å². The van der Waals surface area contributed by atoms with Crippen LogP contribution in [0.1, 0.15) is 35.0 Å². The zero-order valence-electron chi connectivity index (χ0n) is 20.0. The van der Waals surface area contributed by atoms with Crippen LogP contribution in [-0.2, 0) is 4.79 Å². The van der Waals surface area contributed by atoms with Gasteiger partial charge >= 0.3 is 0 Å². The van der Waals surface area contributed by atoms with E-state index in [9.17, 15) is 4.79 Å². The van der Waals surface area contributed by atoms with Crippen molar-refractivity contribution >= 4 is 39.8 Å². The molecule has 2 aliphatic heterocycles. The number of aryl methyl sites for hydroxylation is 2. The third-order valence-corrected chi connectivity index (χ3v) is 6.95. The number of hydrazone groups is 1. The Labute approximate surface area is 208 Å². The van der Waals surface area contributed by atoms with Gasteiger partial charge in [-0.1, -0.05) is 36.4 Å². The van der Waals surface area contributed by atoms with Crippen molar-refractivity contribution < 1.29 is 9.53 Å². The second-order valence-corrected chi connectivity index (χ2v) is 9.26. The second-order valence-electron chi connectivity index (χ2n) is 8.30. The molecule has 0 saturated heterocycles. The maximum absolute atomic E-state index is 13.0. The van der Waals surface area contributed by atoms with Crippen LogP contribution in [0.25, 0.3) is 11.8 Å². The number of aromatic nitrogens is 1. The van der Waals surface area contributed by atoms with Gasteiger partial charge in [0.15, 0.2) is 5.84 Å². The standard InChI is InChI=1S/C27H25N5O2S/c1-5-34-23-13-9-8-12-22(23)31-17(3)14-19(18(31)4)15-21-24(28)32-27(29-25(21)33)35-26(30-32)20-11-7-6-10-16(20)2/h6-15,28H,5H2,1-4H3. The van der Waals surface area contributed by atoms with E-state index in [1.807, 2.05) is 82.3 Å². The Morgan fingerprint density at radius 1 is 1.09 bits per heavy atom. The van der Waals surface area contributed by atoms with Gasteiger partial charge in [-0.15, -0.1) is 0 Å². The van der Waals surface area contributed by atoms with Crippen molar-refractivity contribution in [3.8, 4) is 11.4 Å². The van der Waals surface area contributed by atoms with E-state index in [1.165, 1.54) is 16.8 Å². The Morgan fingerprint density at radius 3 is 2.60 bits per heavy atom. The third kappa shape index (κ3) is 4.00. The van der Waals surface area contributed by atoms with Gasteiger partial charge < -0.3 is 9.30 Å². The highest BCUT2D eigenvalue weighted by Crippen LogP contribution is 2.33. The molecule has 8 heteroatoms. The van der Waals surface area contributed by atoms with Crippen molar-refractivity contribution in [2.75, 3.05) is 6.61 Å². The van der Waals surface area contributed by atoms with Crippen molar-refractivity contribution in [3.05, 3.63) is 88.2 Å². The van der Waals surface area contributed by atoms with Gasteiger partial charge in [-0.25, -0.2) is 0 Å². The van der Waals surface area contributed by atoms with Crippen LogP contribution < -0.4 is 4.74 Å². The fraction of sp³-hybridized carbons (Fsp3) is 0.185. The molecule has 7 nitrogen and oxygen atoms in total. The van der Waals surface area contributed by atoms with E-state index in [0.717, 1.165) is 44.6 Å². The van der Waals surface area contributed by atoms with Crippen molar-refractivity contribution in [1.29, 1.82) is 5.41 Å². The molecule has 3 heterocycles. The molecule has 2 aromatic carbocycles. The number of thioether (sulfide) groups is 1. The van der Waals surface area contributed by atoms with Crippen LogP contribution in [-0.4, -0.2) is 38.1 Å². The van der Waals surface area contributed by atoms with Gasteiger partial charge in [0.25, 0.3) is 5.91 Å². The van der Waals surface area contributed by atoms with Crippen LogP contribution in [0.2, 0.25) is 0 Å². The monoisotopic (exact) mass is 483 g/mol. The number of amides is 1. The van der Waals surface area contributed by atoms with Crippen LogP contribution in [0.15, 0.2) is 70.3 Å². The molecule has 176 valence electrons. The number of hydrogen-bond donors (Lipinski definition) is 1. The van der Waals surface area contributed by atoms with E-state index >= 15 is 0 Å². The molecule has 5 rings (SSSR count). The van der Waals surface area contributed by atoms with E-state index in [2.05, 4.69) is 14.7 Å². The number of aliphatic imine (C=N–C) groups is 1. The zero-order chi connectivity index (χ0) is 24.7. The van der Waals surface area contributed by atoms with E-state index in [-0.39, 0.29) is 11.4 Å². The topological polar surface area (TPSA) is 83.0 Å². The maximum Gasteiger partial charge on any atom is 0.283 e. The molecule has 0 radical (unpaired) electrons. The molecule has 0 unspecified atom stereocenters.